The lowest BCUT2D eigenvalue weighted by atomic mass is 9.95. The Labute approximate surface area is 126 Å². The standard InChI is InChI=1S/C15H26N2O2S/c1-20-10-4-9-16-15(19)12-7-8-14(18)17(11-12)13-5-2-3-6-13/h12-13H,2-11H2,1H3,(H,16,19)/t12-/m0/s1. The molecule has 2 fully saturated rings. The van der Waals surface area contributed by atoms with Gasteiger partial charge in [-0.3, -0.25) is 9.59 Å². The molecule has 0 radical (unpaired) electrons. The van der Waals surface area contributed by atoms with Crippen LogP contribution in [0.3, 0.4) is 0 Å². The molecule has 1 saturated carbocycles. The Morgan fingerprint density at radius 2 is 2.10 bits per heavy atom. The van der Waals surface area contributed by atoms with Crippen LogP contribution in [0.15, 0.2) is 0 Å². The van der Waals surface area contributed by atoms with Gasteiger partial charge in [0.2, 0.25) is 11.8 Å². The zero-order valence-corrected chi connectivity index (χ0v) is 13.2. The maximum atomic E-state index is 12.2. The fraction of sp³-hybridized carbons (Fsp3) is 0.867. The van der Waals surface area contributed by atoms with Gasteiger partial charge in [-0.1, -0.05) is 12.8 Å². The Hall–Kier alpha value is -0.710. The molecule has 114 valence electrons. The molecule has 1 heterocycles. The number of hydrogen-bond donors (Lipinski definition) is 1. The summed E-state index contributed by atoms with van der Waals surface area (Å²) in [7, 11) is 0. The van der Waals surface area contributed by atoms with Crippen molar-refractivity contribution in [3.8, 4) is 0 Å². The van der Waals surface area contributed by atoms with Gasteiger partial charge in [-0.15, -0.1) is 0 Å². The molecule has 1 N–H and O–H groups in total. The second-order valence-corrected chi connectivity index (χ2v) is 6.84. The molecule has 1 atom stereocenters. The van der Waals surface area contributed by atoms with Crippen LogP contribution < -0.4 is 5.32 Å². The van der Waals surface area contributed by atoms with Crippen LogP contribution in [0.5, 0.6) is 0 Å². The van der Waals surface area contributed by atoms with Crippen molar-refractivity contribution in [1.29, 1.82) is 0 Å². The van der Waals surface area contributed by atoms with Gasteiger partial charge in [0.25, 0.3) is 0 Å². The minimum absolute atomic E-state index is 0.00239. The molecule has 1 saturated heterocycles. The molecule has 1 aliphatic heterocycles. The number of carbonyl (C=O) groups is 2. The SMILES string of the molecule is CSCCCNC(=O)[C@H]1CCC(=O)N(C2CCCC2)C1. The summed E-state index contributed by atoms with van der Waals surface area (Å²) in [5, 5.41) is 3.02. The molecule has 0 aromatic rings. The van der Waals surface area contributed by atoms with Crippen molar-refractivity contribution in [1.82, 2.24) is 10.2 Å². The highest BCUT2D eigenvalue weighted by molar-refractivity contribution is 7.98. The molecular formula is C15H26N2O2S. The zero-order chi connectivity index (χ0) is 14.4. The van der Waals surface area contributed by atoms with Crippen LogP contribution in [0.2, 0.25) is 0 Å². The number of nitrogens with zero attached hydrogens (tertiary/aromatic N) is 1. The second kappa shape index (κ2) is 7.91. The number of carbonyl (C=O) groups excluding carboxylic acids is 2. The Balaban J connectivity index is 1.80. The number of amides is 2. The van der Waals surface area contributed by atoms with Gasteiger partial charge >= 0.3 is 0 Å². The quantitative estimate of drug-likeness (QED) is 0.763. The number of rotatable bonds is 6. The van der Waals surface area contributed by atoms with Crippen LogP contribution in [-0.2, 0) is 9.59 Å². The van der Waals surface area contributed by atoms with Gasteiger partial charge in [0.1, 0.15) is 0 Å². The fourth-order valence-corrected chi connectivity index (χ4v) is 3.66. The lowest BCUT2D eigenvalue weighted by Gasteiger charge is -2.36. The average molecular weight is 298 g/mol. The van der Waals surface area contributed by atoms with Gasteiger partial charge in [-0.25, -0.2) is 0 Å². The lowest BCUT2D eigenvalue weighted by Crippen LogP contribution is -2.49. The Morgan fingerprint density at radius 3 is 2.80 bits per heavy atom. The molecule has 2 amide bonds. The third-order valence-corrected chi connectivity index (χ3v) is 5.10. The van der Waals surface area contributed by atoms with E-state index in [0.29, 0.717) is 19.0 Å². The normalized spacial score (nSPS) is 24.1. The van der Waals surface area contributed by atoms with E-state index in [1.165, 1.54) is 12.8 Å². The van der Waals surface area contributed by atoms with Crippen LogP contribution in [0, 0.1) is 5.92 Å². The predicted molar refractivity (Wildman–Crippen MR) is 82.7 cm³/mol. The summed E-state index contributed by atoms with van der Waals surface area (Å²) in [5.74, 6) is 1.48. The Bertz CT molecular complexity index is 343. The van der Waals surface area contributed by atoms with E-state index in [4.69, 9.17) is 0 Å². The molecule has 0 aromatic carbocycles. The van der Waals surface area contributed by atoms with Gasteiger partial charge < -0.3 is 10.2 Å². The molecule has 0 bridgehead atoms. The molecule has 0 unspecified atom stereocenters. The maximum absolute atomic E-state index is 12.2. The lowest BCUT2D eigenvalue weighted by molar-refractivity contribution is -0.140. The van der Waals surface area contributed by atoms with Crippen molar-refractivity contribution < 1.29 is 9.59 Å². The molecule has 0 aromatic heterocycles. The molecule has 2 aliphatic rings. The molecule has 2 rings (SSSR count). The van der Waals surface area contributed by atoms with E-state index in [9.17, 15) is 9.59 Å². The van der Waals surface area contributed by atoms with Crippen LogP contribution in [0.4, 0.5) is 0 Å². The average Bonchev–Trinajstić information content (AvgIpc) is 2.98. The summed E-state index contributed by atoms with van der Waals surface area (Å²) in [5.41, 5.74) is 0. The zero-order valence-electron chi connectivity index (χ0n) is 12.4. The number of nitrogens with one attached hydrogen (secondary N) is 1. The van der Waals surface area contributed by atoms with Crippen molar-refractivity contribution in [2.75, 3.05) is 25.1 Å². The first-order valence-electron chi connectivity index (χ1n) is 7.78. The summed E-state index contributed by atoms with van der Waals surface area (Å²) in [6.45, 7) is 1.39. The largest absolute Gasteiger partial charge is 0.356 e. The first kappa shape index (κ1) is 15.7. The molecule has 5 heteroatoms. The van der Waals surface area contributed by atoms with Crippen LogP contribution in [0.25, 0.3) is 0 Å². The van der Waals surface area contributed by atoms with E-state index in [0.717, 1.165) is 38.0 Å². The van der Waals surface area contributed by atoms with E-state index in [2.05, 4.69) is 11.6 Å². The van der Waals surface area contributed by atoms with E-state index in [1.807, 2.05) is 4.90 Å². The minimum atomic E-state index is 0.00239. The van der Waals surface area contributed by atoms with E-state index >= 15 is 0 Å². The van der Waals surface area contributed by atoms with Gasteiger partial charge in [0.15, 0.2) is 0 Å². The third kappa shape index (κ3) is 4.14. The summed E-state index contributed by atoms with van der Waals surface area (Å²) in [4.78, 5) is 26.2. The second-order valence-electron chi connectivity index (χ2n) is 5.86. The molecule has 1 aliphatic carbocycles. The summed E-state index contributed by atoms with van der Waals surface area (Å²) in [6, 6.07) is 0.398. The molecule has 0 spiro atoms. The molecular weight excluding hydrogens is 272 g/mol. The van der Waals surface area contributed by atoms with Crippen LogP contribution >= 0.6 is 11.8 Å². The van der Waals surface area contributed by atoms with Gasteiger partial charge in [-0.2, -0.15) is 11.8 Å². The number of thioether (sulfide) groups is 1. The van der Waals surface area contributed by atoms with Crippen molar-refractivity contribution >= 4 is 23.6 Å². The molecule has 4 nitrogen and oxygen atoms in total. The van der Waals surface area contributed by atoms with Gasteiger partial charge in [0.05, 0.1) is 5.92 Å². The molecule has 20 heavy (non-hydrogen) atoms. The minimum Gasteiger partial charge on any atom is -0.356 e. The number of likely N-dealkylation sites (tertiary alicyclic amines) is 1. The predicted octanol–water partition coefficient (Wildman–Crippen LogP) is 2.04. The van der Waals surface area contributed by atoms with Crippen molar-refractivity contribution in [2.45, 2.75) is 51.0 Å². The van der Waals surface area contributed by atoms with E-state index in [1.54, 1.807) is 11.8 Å². The van der Waals surface area contributed by atoms with Crippen LogP contribution in [0.1, 0.15) is 44.9 Å². The summed E-state index contributed by atoms with van der Waals surface area (Å²) in [6.07, 6.45) is 9.04. The topological polar surface area (TPSA) is 49.4 Å². The van der Waals surface area contributed by atoms with Crippen molar-refractivity contribution in [3.05, 3.63) is 0 Å². The smallest absolute Gasteiger partial charge is 0.224 e. The fourth-order valence-electron chi connectivity index (χ4n) is 3.23. The van der Waals surface area contributed by atoms with E-state index in [-0.39, 0.29) is 17.7 Å². The van der Waals surface area contributed by atoms with Crippen molar-refractivity contribution in [3.63, 3.8) is 0 Å². The maximum Gasteiger partial charge on any atom is 0.224 e. The monoisotopic (exact) mass is 298 g/mol. The number of piperidine rings is 1. The number of hydrogen-bond acceptors (Lipinski definition) is 3. The highest BCUT2D eigenvalue weighted by atomic mass is 32.2. The Morgan fingerprint density at radius 1 is 1.35 bits per heavy atom. The first-order valence-corrected chi connectivity index (χ1v) is 9.18. The Kier molecular flexibility index (Phi) is 6.20. The highest BCUT2D eigenvalue weighted by Gasteiger charge is 2.34. The third-order valence-electron chi connectivity index (χ3n) is 4.40. The van der Waals surface area contributed by atoms with Crippen molar-refractivity contribution in [2.24, 2.45) is 5.92 Å². The van der Waals surface area contributed by atoms with Crippen LogP contribution in [-0.4, -0.2) is 47.9 Å². The highest BCUT2D eigenvalue weighted by Crippen LogP contribution is 2.28. The van der Waals surface area contributed by atoms with Gasteiger partial charge in [0, 0.05) is 25.6 Å². The van der Waals surface area contributed by atoms with Gasteiger partial charge in [-0.05, 0) is 37.7 Å². The van der Waals surface area contributed by atoms with E-state index < -0.39 is 0 Å². The summed E-state index contributed by atoms with van der Waals surface area (Å²) >= 11 is 1.80. The first-order chi connectivity index (χ1) is 9.72. The summed E-state index contributed by atoms with van der Waals surface area (Å²) < 4.78 is 0.